The fourth-order valence-corrected chi connectivity index (χ4v) is 0.324. The van der Waals surface area contributed by atoms with Gasteiger partial charge in [-0.15, -0.1) is 12.4 Å². The number of halogens is 1. The number of nitrogens with two attached hydrogens (primary N) is 1. The molecule has 0 bridgehead atoms. The molecule has 0 aromatic carbocycles. The molecule has 0 fully saturated rings. The lowest BCUT2D eigenvalue weighted by molar-refractivity contribution is -0.138. The minimum atomic E-state index is -1.07. The molecule has 6 heteroatoms. The van der Waals surface area contributed by atoms with E-state index in [1.54, 1.807) is 0 Å². The molecule has 0 rings (SSSR count). The molecule has 0 aliphatic heterocycles. The van der Waals surface area contributed by atoms with Gasteiger partial charge in [0, 0.05) is 0 Å². The molecule has 5 nitrogen and oxygen atoms in total. The van der Waals surface area contributed by atoms with Crippen molar-refractivity contribution in [2.45, 2.75) is 13.0 Å². The Morgan fingerprint density at radius 2 is 2.09 bits per heavy atom. The van der Waals surface area contributed by atoms with Crippen LogP contribution in [0.2, 0.25) is 0 Å². The molecule has 66 valence electrons. The first-order valence-corrected chi connectivity index (χ1v) is 2.79. The minimum absolute atomic E-state index is 0. The molecule has 0 unspecified atom stereocenters. The van der Waals surface area contributed by atoms with Crippen LogP contribution in [0.1, 0.15) is 6.92 Å². The molecule has 0 heterocycles. The van der Waals surface area contributed by atoms with E-state index in [-0.39, 0.29) is 19.0 Å². The number of hydrogen-bond acceptors (Lipinski definition) is 3. The summed E-state index contributed by atoms with van der Waals surface area (Å²) < 4.78 is 0. The lowest BCUT2D eigenvalue weighted by atomic mass is 10.3. The predicted molar refractivity (Wildman–Crippen MR) is 41.5 cm³/mol. The molecule has 0 aliphatic carbocycles. The van der Waals surface area contributed by atoms with Gasteiger partial charge in [-0.2, -0.15) is 0 Å². The van der Waals surface area contributed by atoms with E-state index in [2.05, 4.69) is 5.32 Å². The van der Waals surface area contributed by atoms with E-state index >= 15 is 0 Å². The number of carbonyl (C=O) groups excluding carboxylic acids is 1. The summed E-state index contributed by atoms with van der Waals surface area (Å²) in [6.45, 7) is 1.11. The van der Waals surface area contributed by atoms with E-state index in [1.807, 2.05) is 0 Å². The van der Waals surface area contributed by atoms with E-state index in [1.165, 1.54) is 6.92 Å². The fourth-order valence-electron chi connectivity index (χ4n) is 0.324. The summed E-state index contributed by atoms with van der Waals surface area (Å²) in [7, 11) is 0. The first-order chi connectivity index (χ1) is 4.54. The number of carboxylic acid groups (broad SMARTS) is 1. The van der Waals surface area contributed by atoms with Crippen molar-refractivity contribution in [3.63, 3.8) is 0 Å². The van der Waals surface area contributed by atoms with Crippen LogP contribution >= 0.6 is 12.4 Å². The summed E-state index contributed by atoms with van der Waals surface area (Å²) in [6, 6.07) is -0.653. The normalized spacial score (nSPS) is 11.1. The Labute approximate surface area is 70.4 Å². The van der Waals surface area contributed by atoms with Crippen LogP contribution in [0.4, 0.5) is 0 Å². The van der Waals surface area contributed by atoms with Gasteiger partial charge in [0.15, 0.2) is 0 Å². The van der Waals surface area contributed by atoms with Crippen LogP contribution in [0, 0.1) is 0 Å². The van der Waals surface area contributed by atoms with Crippen molar-refractivity contribution in [2.24, 2.45) is 5.73 Å². The Morgan fingerprint density at radius 1 is 1.64 bits per heavy atom. The molecule has 0 saturated carbocycles. The second-order valence-electron chi connectivity index (χ2n) is 1.90. The zero-order valence-corrected chi connectivity index (χ0v) is 6.85. The summed E-state index contributed by atoms with van der Waals surface area (Å²) in [5.74, 6) is -1.53. The van der Waals surface area contributed by atoms with Gasteiger partial charge >= 0.3 is 5.97 Å². The van der Waals surface area contributed by atoms with E-state index in [4.69, 9.17) is 10.8 Å². The molecule has 0 saturated heterocycles. The van der Waals surface area contributed by atoms with Gasteiger partial charge in [0.1, 0.15) is 6.54 Å². The average Bonchev–Trinajstić information content (AvgIpc) is 1.82. The van der Waals surface area contributed by atoms with Crippen LogP contribution in [0.15, 0.2) is 0 Å². The van der Waals surface area contributed by atoms with Crippen LogP contribution in [0.25, 0.3) is 0 Å². The number of carbonyl (C=O) groups is 2. The Bertz CT molecular complexity index is 149. The number of hydrogen-bond donors (Lipinski definition) is 3. The Morgan fingerprint density at radius 3 is 2.36 bits per heavy atom. The van der Waals surface area contributed by atoms with E-state index in [0.29, 0.717) is 0 Å². The Kier molecular flexibility index (Phi) is 6.92. The fraction of sp³-hybridized carbons (Fsp3) is 0.600. The van der Waals surface area contributed by atoms with Crippen molar-refractivity contribution in [1.29, 1.82) is 0 Å². The summed E-state index contributed by atoms with van der Waals surface area (Å²) >= 11 is 0. The first-order valence-electron chi connectivity index (χ1n) is 2.79. The molecule has 0 radical (unpaired) electrons. The third kappa shape index (κ3) is 7.08. The standard InChI is InChI=1S/C5H10N2O3.ClH/c1-3(6)5(10)7-2-4(8)9;/h3H,2,6H2,1H3,(H,7,10)(H,8,9);1H/t3-;/m0./s1. The second kappa shape index (κ2) is 5.94. The highest BCUT2D eigenvalue weighted by atomic mass is 35.5. The first kappa shape index (κ1) is 12.8. The Hall–Kier alpha value is -0.810. The lowest BCUT2D eigenvalue weighted by Crippen LogP contribution is -2.40. The van der Waals surface area contributed by atoms with Gasteiger partial charge in [0.05, 0.1) is 6.04 Å². The van der Waals surface area contributed by atoms with Crippen LogP contribution in [0.3, 0.4) is 0 Å². The van der Waals surface area contributed by atoms with Gasteiger partial charge in [0.25, 0.3) is 0 Å². The summed E-state index contributed by atoms with van der Waals surface area (Å²) in [5, 5.41) is 10.2. The van der Waals surface area contributed by atoms with E-state index < -0.39 is 17.9 Å². The van der Waals surface area contributed by atoms with Crippen LogP contribution < -0.4 is 11.1 Å². The van der Waals surface area contributed by atoms with Crippen LogP contribution in [-0.4, -0.2) is 29.6 Å². The lowest BCUT2D eigenvalue weighted by Gasteiger charge is -2.03. The topological polar surface area (TPSA) is 92.4 Å². The molecule has 0 aliphatic rings. The monoisotopic (exact) mass is 182 g/mol. The smallest absolute Gasteiger partial charge is 0.322 e. The zero-order valence-electron chi connectivity index (χ0n) is 6.03. The van der Waals surface area contributed by atoms with Gasteiger partial charge in [-0.25, -0.2) is 0 Å². The summed E-state index contributed by atoms with van der Waals surface area (Å²) in [4.78, 5) is 20.4. The molecule has 4 N–H and O–H groups in total. The second-order valence-corrected chi connectivity index (χ2v) is 1.90. The number of amides is 1. The average molecular weight is 183 g/mol. The van der Waals surface area contributed by atoms with Gasteiger partial charge < -0.3 is 16.2 Å². The minimum Gasteiger partial charge on any atom is -0.480 e. The highest BCUT2D eigenvalue weighted by molar-refractivity contribution is 5.85. The number of aliphatic carboxylic acids is 1. The Balaban J connectivity index is 0. The largest absolute Gasteiger partial charge is 0.480 e. The van der Waals surface area contributed by atoms with Gasteiger partial charge in [-0.05, 0) is 6.92 Å². The number of carboxylic acids is 1. The number of nitrogens with one attached hydrogen (secondary N) is 1. The van der Waals surface area contributed by atoms with Crippen molar-refractivity contribution >= 4 is 24.3 Å². The highest BCUT2D eigenvalue weighted by Gasteiger charge is 2.07. The molecular weight excluding hydrogens is 172 g/mol. The van der Waals surface area contributed by atoms with E-state index in [9.17, 15) is 9.59 Å². The van der Waals surface area contributed by atoms with Gasteiger partial charge in [0.2, 0.25) is 5.91 Å². The predicted octanol–water partition coefficient (Wildman–Crippen LogP) is -1.04. The number of rotatable bonds is 3. The third-order valence-corrected chi connectivity index (χ3v) is 0.827. The molecule has 1 amide bonds. The summed E-state index contributed by atoms with van der Waals surface area (Å²) in [5.41, 5.74) is 5.12. The SMILES string of the molecule is C[C@H](N)C(=O)NCC(=O)O.Cl. The zero-order chi connectivity index (χ0) is 8.15. The maximum absolute atomic E-state index is 10.5. The maximum atomic E-state index is 10.5. The van der Waals surface area contributed by atoms with Gasteiger partial charge in [-0.1, -0.05) is 0 Å². The third-order valence-electron chi connectivity index (χ3n) is 0.827. The van der Waals surface area contributed by atoms with Crippen molar-refractivity contribution < 1.29 is 14.7 Å². The van der Waals surface area contributed by atoms with Crippen molar-refractivity contribution in [1.82, 2.24) is 5.32 Å². The maximum Gasteiger partial charge on any atom is 0.322 e. The molecule has 0 spiro atoms. The van der Waals surface area contributed by atoms with Crippen LogP contribution in [0.5, 0.6) is 0 Å². The van der Waals surface area contributed by atoms with Crippen molar-refractivity contribution in [2.75, 3.05) is 6.54 Å². The molecule has 0 aromatic heterocycles. The molecule has 1 atom stereocenters. The highest BCUT2D eigenvalue weighted by Crippen LogP contribution is 1.73. The summed E-state index contributed by atoms with van der Waals surface area (Å²) in [6.07, 6.45) is 0. The molecule has 0 aromatic rings. The van der Waals surface area contributed by atoms with Crippen molar-refractivity contribution in [3.05, 3.63) is 0 Å². The van der Waals surface area contributed by atoms with Crippen LogP contribution in [-0.2, 0) is 9.59 Å². The van der Waals surface area contributed by atoms with E-state index in [0.717, 1.165) is 0 Å². The van der Waals surface area contributed by atoms with Gasteiger partial charge in [-0.3, -0.25) is 9.59 Å². The quantitative estimate of drug-likeness (QED) is 0.520. The molecular formula is C5H11ClN2O3. The van der Waals surface area contributed by atoms with Crippen molar-refractivity contribution in [3.8, 4) is 0 Å². The molecule has 11 heavy (non-hydrogen) atoms.